The van der Waals surface area contributed by atoms with Crippen LogP contribution < -0.4 is 5.32 Å². The van der Waals surface area contributed by atoms with Gasteiger partial charge in [-0.05, 0) is 51.0 Å². The number of aromatic carboxylic acids is 1. The summed E-state index contributed by atoms with van der Waals surface area (Å²) in [5.41, 5.74) is 0.755. The van der Waals surface area contributed by atoms with E-state index in [9.17, 15) is 24.6 Å². The molecule has 0 unspecified atom stereocenters. The number of fused-ring (bicyclic) bond motifs is 1. The van der Waals surface area contributed by atoms with Gasteiger partial charge in [-0.3, -0.25) is 9.59 Å². The highest BCUT2D eigenvalue weighted by molar-refractivity contribution is 6.14. The van der Waals surface area contributed by atoms with Crippen LogP contribution in [0, 0.1) is 11.3 Å². The second-order valence-corrected chi connectivity index (χ2v) is 6.69. The maximum Gasteiger partial charge on any atom is 0.374 e. The van der Waals surface area contributed by atoms with E-state index >= 15 is 0 Å². The highest BCUT2D eigenvalue weighted by Crippen LogP contribution is 2.33. The van der Waals surface area contributed by atoms with Crippen molar-refractivity contribution < 1.29 is 29.0 Å². The average molecular weight is 425 g/mol. The number of carboxylic acids is 1. The number of carbonyl (C=O) groups is 3. The third-order valence-electron chi connectivity index (χ3n) is 4.69. The molecule has 0 spiro atoms. The minimum atomic E-state index is -1.42. The first-order valence-corrected chi connectivity index (χ1v) is 9.53. The summed E-state index contributed by atoms with van der Waals surface area (Å²) in [6, 6.07) is 6.36. The summed E-state index contributed by atoms with van der Waals surface area (Å²) in [5.74, 6) is -3.56. The molecule has 162 valence electrons. The lowest BCUT2D eigenvalue weighted by atomic mass is 10.0. The van der Waals surface area contributed by atoms with E-state index in [2.05, 4.69) is 5.32 Å². The Morgan fingerprint density at radius 3 is 2.35 bits per heavy atom. The Hall–Kier alpha value is -4.06. The molecule has 0 aliphatic heterocycles. The molecule has 2 aromatic rings. The molecule has 9 nitrogen and oxygen atoms in total. The maximum atomic E-state index is 12.4. The second-order valence-electron chi connectivity index (χ2n) is 6.69. The molecule has 9 heteroatoms. The van der Waals surface area contributed by atoms with Crippen LogP contribution in [0.5, 0.6) is 0 Å². The van der Waals surface area contributed by atoms with E-state index in [1.807, 2.05) is 13.8 Å². The molecule has 3 N–H and O–H groups in total. The van der Waals surface area contributed by atoms with Gasteiger partial charge in [-0.2, -0.15) is 5.26 Å². The number of rotatable bonds is 7. The first-order chi connectivity index (χ1) is 14.6. The number of nitrogens with zero attached hydrogens (tertiary/aromatic N) is 2. The van der Waals surface area contributed by atoms with Gasteiger partial charge in [0.05, 0.1) is 0 Å². The van der Waals surface area contributed by atoms with Gasteiger partial charge in [0.2, 0.25) is 11.7 Å². The third-order valence-corrected chi connectivity index (χ3v) is 4.69. The van der Waals surface area contributed by atoms with Crippen molar-refractivity contribution in [2.75, 3.05) is 18.4 Å². The summed E-state index contributed by atoms with van der Waals surface area (Å²) >= 11 is 0. The number of aliphatic hydroxyl groups is 1. The molecule has 0 fully saturated rings. The highest BCUT2D eigenvalue weighted by Gasteiger charge is 2.24. The molecule has 2 rings (SSSR count). The number of carbonyl (C=O) groups excluding carboxylic acids is 2. The van der Waals surface area contributed by atoms with Gasteiger partial charge < -0.3 is 24.8 Å². The molecule has 0 atom stereocenters. The van der Waals surface area contributed by atoms with E-state index in [0.717, 1.165) is 0 Å². The van der Waals surface area contributed by atoms with Gasteiger partial charge in [-0.25, -0.2) is 4.79 Å². The molecule has 0 aliphatic carbocycles. The van der Waals surface area contributed by atoms with E-state index in [-0.39, 0.29) is 22.6 Å². The summed E-state index contributed by atoms with van der Waals surface area (Å²) in [6.45, 7) is 7.80. The Kier molecular flexibility index (Phi) is 7.21. The number of hydrogen-bond acceptors (Lipinski definition) is 6. The third kappa shape index (κ3) is 4.93. The van der Waals surface area contributed by atoms with Crippen molar-refractivity contribution in [3.05, 3.63) is 46.9 Å². The molecule has 0 radical (unpaired) electrons. The van der Waals surface area contributed by atoms with Crippen LogP contribution in [0.3, 0.4) is 0 Å². The van der Waals surface area contributed by atoms with Gasteiger partial charge in [0.25, 0.3) is 5.91 Å². The van der Waals surface area contributed by atoms with Crippen LogP contribution in [0.2, 0.25) is 0 Å². The van der Waals surface area contributed by atoms with Gasteiger partial charge in [-0.15, -0.1) is 0 Å². The first-order valence-electron chi connectivity index (χ1n) is 9.53. The molecule has 2 amide bonds. The normalized spacial score (nSPS) is 12.2. The highest BCUT2D eigenvalue weighted by atomic mass is 16.4. The number of carboxylic acid groups (broad SMARTS) is 1. The summed E-state index contributed by atoms with van der Waals surface area (Å²) in [7, 11) is 0. The number of aliphatic hydroxyl groups excluding tert-OH is 1. The average Bonchev–Trinajstić information content (AvgIpc) is 3.07. The van der Waals surface area contributed by atoms with Gasteiger partial charge in [-0.1, -0.05) is 6.07 Å². The smallest absolute Gasteiger partial charge is 0.374 e. The predicted octanol–water partition coefficient (Wildman–Crippen LogP) is 3.70. The molecular weight excluding hydrogens is 402 g/mol. The molecule has 1 aromatic carbocycles. The van der Waals surface area contributed by atoms with Crippen LogP contribution in [0.15, 0.2) is 40.0 Å². The number of hydrogen-bond donors (Lipinski definition) is 3. The van der Waals surface area contributed by atoms with E-state index in [0.29, 0.717) is 24.2 Å². The fraction of sp³-hybridized carbons (Fsp3) is 0.273. The van der Waals surface area contributed by atoms with Crippen molar-refractivity contribution in [3.63, 3.8) is 0 Å². The molecule has 1 aromatic heterocycles. The van der Waals surface area contributed by atoms with Crippen LogP contribution >= 0.6 is 0 Å². The first kappa shape index (κ1) is 23.2. The summed E-state index contributed by atoms with van der Waals surface area (Å²) < 4.78 is 5.35. The van der Waals surface area contributed by atoms with Crippen molar-refractivity contribution in [1.82, 2.24) is 4.90 Å². The Bertz CT molecular complexity index is 1140. The van der Waals surface area contributed by atoms with E-state index in [1.165, 1.54) is 19.1 Å². The lowest BCUT2D eigenvalue weighted by Crippen LogP contribution is -2.28. The number of nitrogens with one attached hydrogen (secondary N) is 1. The zero-order valence-corrected chi connectivity index (χ0v) is 17.6. The minimum absolute atomic E-state index is 0.147. The van der Waals surface area contributed by atoms with Crippen LogP contribution in [0.4, 0.5) is 5.69 Å². The molecule has 31 heavy (non-hydrogen) atoms. The van der Waals surface area contributed by atoms with Crippen molar-refractivity contribution in [2.24, 2.45) is 0 Å². The Labute approximate surface area is 178 Å². The lowest BCUT2D eigenvalue weighted by Gasteiger charge is -2.16. The molecule has 0 saturated carbocycles. The number of anilines is 1. The Morgan fingerprint density at radius 2 is 1.84 bits per heavy atom. The number of nitriles is 1. The molecular formula is C22H23N3O6. The van der Waals surface area contributed by atoms with Crippen LogP contribution in [-0.2, 0) is 9.59 Å². The van der Waals surface area contributed by atoms with Crippen LogP contribution in [0.1, 0.15) is 43.8 Å². The standard InChI is InChI=1S/C22H23N3O6/c1-5-25(6-2)18(27)9-12(3)14-7-8-17-15(10-14)19(20(31-17)22(29)30)24-21(28)16(11-23)13(4)26/h7-10,26H,5-6H2,1-4H3,(H,24,28)(H,29,30)/b12-9+,16-13-. The summed E-state index contributed by atoms with van der Waals surface area (Å²) in [4.78, 5) is 38.0. The molecule has 0 saturated heterocycles. The maximum absolute atomic E-state index is 12.4. The van der Waals surface area contributed by atoms with Crippen molar-refractivity contribution in [1.29, 1.82) is 5.26 Å². The largest absolute Gasteiger partial charge is 0.511 e. The van der Waals surface area contributed by atoms with Crippen molar-refractivity contribution in [3.8, 4) is 6.07 Å². The number of likely N-dealkylation sites (N-methyl/N-ethyl adjacent to an activating group) is 1. The monoisotopic (exact) mass is 425 g/mol. The van der Waals surface area contributed by atoms with Crippen molar-refractivity contribution in [2.45, 2.75) is 27.7 Å². The number of amides is 2. The van der Waals surface area contributed by atoms with E-state index < -0.39 is 29.0 Å². The van der Waals surface area contributed by atoms with Crippen molar-refractivity contribution >= 4 is 40.0 Å². The lowest BCUT2D eigenvalue weighted by molar-refractivity contribution is -0.125. The molecule has 1 heterocycles. The minimum Gasteiger partial charge on any atom is -0.511 e. The Morgan fingerprint density at radius 1 is 1.19 bits per heavy atom. The SMILES string of the molecule is CCN(CC)C(=O)/C=C(\C)c1ccc2oc(C(=O)O)c(NC(=O)/C(C#N)=C(/C)O)c2c1. The summed E-state index contributed by atoms with van der Waals surface area (Å²) in [5, 5.41) is 30.6. The predicted molar refractivity (Wildman–Crippen MR) is 114 cm³/mol. The fourth-order valence-electron chi connectivity index (χ4n) is 2.98. The van der Waals surface area contributed by atoms with Gasteiger partial charge in [0.15, 0.2) is 5.57 Å². The molecule has 0 bridgehead atoms. The zero-order chi connectivity index (χ0) is 23.3. The van der Waals surface area contributed by atoms with Gasteiger partial charge in [0.1, 0.15) is 23.1 Å². The zero-order valence-electron chi connectivity index (χ0n) is 17.6. The van der Waals surface area contributed by atoms with E-state index in [4.69, 9.17) is 9.68 Å². The van der Waals surface area contributed by atoms with Crippen LogP contribution in [-0.4, -0.2) is 46.0 Å². The number of furan rings is 1. The fourth-order valence-corrected chi connectivity index (χ4v) is 2.98. The van der Waals surface area contributed by atoms with E-state index in [1.54, 1.807) is 30.0 Å². The second kappa shape index (κ2) is 9.63. The summed E-state index contributed by atoms with van der Waals surface area (Å²) in [6.07, 6.45) is 1.48. The Balaban J connectivity index is 2.57. The van der Waals surface area contributed by atoms with Gasteiger partial charge in [0, 0.05) is 24.6 Å². The topological polar surface area (TPSA) is 144 Å². The van der Waals surface area contributed by atoms with Gasteiger partial charge >= 0.3 is 5.97 Å². The van der Waals surface area contributed by atoms with Crippen LogP contribution in [0.25, 0.3) is 16.5 Å². The quantitative estimate of drug-likeness (QED) is 0.348. The number of benzene rings is 1. The molecule has 0 aliphatic rings. The number of allylic oxidation sites excluding steroid dienone is 2.